The highest BCUT2D eigenvalue weighted by atomic mass is 32.2. The summed E-state index contributed by atoms with van der Waals surface area (Å²) in [4.78, 5) is 12.2. The van der Waals surface area contributed by atoms with Gasteiger partial charge in [-0.25, -0.2) is 15.0 Å². The smallest absolute Gasteiger partial charge is 0.167 e. The molecule has 0 amide bonds. The van der Waals surface area contributed by atoms with E-state index < -0.39 is 24.7 Å². The zero-order chi connectivity index (χ0) is 16.4. The molecule has 2 aromatic rings. The molecule has 0 aromatic carbocycles. The first-order valence-corrected chi connectivity index (χ1v) is 8.69. The van der Waals surface area contributed by atoms with Crippen molar-refractivity contribution in [1.82, 2.24) is 24.8 Å². The monoisotopic (exact) mass is 340 g/mol. The number of nitrogens with one attached hydrogen (secondary N) is 1. The van der Waals surface area contributed by atoms with Gasteiger partial charge in [-0.2, -0.15) is 11.8 Å². The number of ether oxygens (including phenoxy) is 1. The average Bonchev–Trinajstić information content (AvgIpc) is 3.09. The number of nitrogens with two attached hydrogens (primary N) is 1. The lowest BCUT2D eigenvalue weighted by Crippen LogP contribution is -2.41. The summed E-state index contributed by atoms with van der Waals surface area (Å²) in [5.41, 5.74) is 6.65. The van der Waals surface area contributed by atoms with Crippen LogP contribution in [0.1, 0.15) is 12.6 Å². The highest BCUT2D eigenvalue weighted by Crippen LogP contribution is 2.30. The standard InChI is InChI=1S/C13H20N6O3S/c1-23-4-2-3-15-12-8(20)9(21)13(22-12)19-6-18-7-10(14)16-5-17-11(7)19/h5-6,8-9,12-13,15,20-21H,2-4H2,1H3,(H2,14,16,17)/t8?,9?,12-,13+/m0/s1. The molecular formula is C13H20N6O3S. The normalized spacial score (nSPS) is 27.8. The predicted octanol–water partition coefficient (Wildman–Crippen LogP) is -0.672. The summed E-state index contributed by atoms with van der Waals surface area (Å²) in [6.45, 7) is 0.696. The second-order valence-corrected chi connectivity index (χ2v) is 6.30. The van der Waals surface area contributed by atoms with Crippen LogP contribution in [-0.4, -0.2) is 66.7 Å². The second-order valence-electron chi connectivity index (χ2n) is 5.31. The molecule has 1 aliphatic rings. The topological polar surface area (TPSA) is 131 Å². The fraction of sp³-hybridized carbons (Fsp3) is 0.615. The molecule has 10 heteroatoms. The van der Waals surface area contributed by atoms with Gasteiger partial charge < -0.3 is 20.7 Å². The summed E-state index contributed by atoms with van der Waals surface area (Å²) in [5.74, 6) is 1.28. The molecule has 0 spiro atoms. The van der Waals surface area contributed by atoms with Gasteiger partial charge in [0.1, 0.15) is 30.3 Å². The third kappa shape index (κ3) is 3.12. The zero-order valence-corrected chi connectivity index (χ0v) is 13.5. The van der Waals surface area contributed by atoms with Gasteiger partial charge in [0, 0.05) is 0 Å². The van der Waals surface area contributed by atoms with Crippen LogP contribution in [0.2, 0.25) is 0 Å². The van der Waals surface area contributed by atoms with Gasteiger partial charge in [0.2, 0.25) is 0 Å². The fourth-order valence-electron chi connectivity index (χ4n) is 2.58. The number of nitrogen functional groups attached to an aromatic ring is 1. The minimum absolute atomic E-state index is 0.258. The molecule has 4 atom stereocenters. The molecular weight excluding hydrogens is 320 g/mol. The number of aliphatic hydroxyl groups excluding tert-OH is 2. The van der Waals surface area contributed by atoms with Crippen molar-refractivity contribution in [3.05, 3.63) is 12.7 Å². The molecule has 0 aliphatic carbocycles. The number of imidazole rings is 1. The summed E-state index contributed by atoms with van der Waals surface area (Å²) >= 11 is 1.76. The lowest BCUT2D eigenvalue weighted by atomic mass is 10.2. The van der Waals surface area contributed by atoms with E-state index in [1.165, 1.54) is 12.7 Å². The van der Waals surface area contributed by atoms with Crippen molar-refractivity contribution < 1.29 is 14.9 Å². The minimum atomic E-state index is -1.10. The zero-order valence-electron chi connectivity index (χ0n) is 12.7. The quantitative estimate of drug-likeness (QED) is 0.505. The maximum absolute atomic E-state index is 10.3. The van der Waals surface area contributed by atoms with Crippen LogP contribution in [0, 0.1) is 0 Å². The largest absolute Gasteiger partial charge is 0.386 e. The van der Waals surface area contributed by atoms with Crippen molar-refractivity contribution in [2.24, 2.45) is 0 Å². The number of fused-ring (bicyclic) bond motifs is 1. The van der Waals surface area contributed by atoms with Crippen LogP contribution < -0.4 is 11.1 Å². The highest BCUT2D eigenvalue weighted by molar-refractivity contribution is 7.98. The van der Waals surface area contributed by atoms with E-state index in [2.05, 4.69) is 20.3 Å². The first-order valence-electron chi connectivity index (χ1n) is 7.30. The molecule has 126 valence electrons. The number of nitrogens with zero attached hydrogens (tertiary/aromatic N) is 4. The van der Waals surface area contributed by atoms with Gasteiger partial charge in [-0.05, 0) is 25.0 Å². The number of rotatable bonds is 6. The molecule has 3 rings (SSSR count). The van der Waals surface area contributed by atoms with E-state index in [0.717, 1.165) is 12.2 Å². The van der Waals surface area contributed by atoms with Crippen molar-refractivity contribution in [2.75, 3.05) is 24.3 Å². The molecule has 2 aromatic heterocycles. The summed E-state index contributed by atoms with van der Waals surface area (Å²) in [6, 6.07) is 0. The van der Waals surface area contributed by atoms with Crippen LogP contribution in [0.5, 0.6) is 0 Å². The Balaban J connectivity index is 1.76. The van der Waals surface area contributed by atoms with Crippen LogP contribution in [0.15, 0.2) is 12.7 Å². The lowest BCUT2D eigenvalue weighted by molar-refractivity contribution is -0.0453. The molecule has 5 N–H and O–H groups in total. The van der Waals surface area contributed by atoms with Gasteiger partial charge >= 0.3 is 0 Å². The number of aliphatic hydroxyl groups is 2. The molecule has 1 fully saturated rings. The van der Waals surface area contributed by atoms with E-state index in [9.17, 15) is 10.2 Å². The maximum atomic E-state index is 10.3. The van der Waals surface area contributed by atoms with Crippen molar-refractivity contribution >= 4 is 28.7 Å². The molecule has 1 saturated heterocycles. The Kier molecular flexibility index (Phi) is 4.97. The number of hydrogen-bond donors (Lipinski definition) is 4. The average molecular weight is 340 g/mol. The van der Waals surface area contributed by atoms with Gasteiger partial charge in [0.05, 0.1) is 6.33 Å². The van der Waals surface area contributed by atoms with E-state index in [4.69, 9.17) is 10.5 Å². The first kappa shape index (κ1) is 16.4. The Morgan fingerprint density at radius 1 is 1.35 bits per heavy atom. The summed E-state index contributed by atoms with van der Waals surface area (Å²) < 4.78 is 7.32. The lowest BCUT2D eigenvalue weighted by Gasteiger charge is -2.16. The van der Waals surface area contributed by atoms with E-state index >= 15 is 0 Å². The molecule has 9 nitrogen and oxygen atoms in total. The third-order valence-electron chi connectivity index (χ3n) is 3.77. The molecule has 0 bridgehead atoms. The fourth-order valence-corrected chi connectivity index (χ4v) is 3.01. The summed E-state index contributed by atoms with van der Waals surface area (Å²) in [6.07, 6.45) is 2.23. The molecule has 0 radical (unpaired) electrons. The molecule has 2 unspecified atom stereocenters. The number of hydrogen-bond acceptors (Lipinski definition) is 9. The summed E-state index contributed by atoms with van der Waals surface area (Å²) in [7, 11) is 0. The maximum Gasteiger partial charge on any atom is 0.167 e. The van der Waals surface area contributed by atoms with Crippen LogP contribution in [0.25, 0.3) is 11.2 Å². The first-order chi connectivity index (χ1) is 11.1. The predicted molar refractivity (Wildman–Crippen MR) is 86.7 cm³/mol. The number of aromatic nitrogens is 4. The Morgan fingerprint density at radius 2 is 2.17 bits per heavy atom. The Labute approximate surface area is 137 Å². The SMILES string of the molecule is CSCCCN[C@H]1O[C@@H](n2cnc3c(N)ncnc32)C(O)C1O. The minimum Gasteiger partial charge on any atom is -0.386 e. The Hall–Kier alpha value is -1.46. The van der Waals surface area contributed by atoms with Crippen LogP contribution in [0.3, 0.4) is 0 Å². The number of thioether (sulfide) groups is 1. The van der Waals surface area contributed by atoms with Crippen LogP contribution >= 0.6 is 11.8 Å². The Bertz CT molecular complexity index is 668. The molecule has 0 saturated carbocycles. The number of anilines is 1. The molecule has 3 heterocycles. The third-order valence-corrected chi connectivity index (χ3v) is 4.47. The summed E-state index contributed by atoms with van der Waals surface area (Å²) in [5, 5.41) is 23.6. The highest BCUT2D eigenvalue weighted by Gasteiger charge is 2.44. The van der Waals surface area contributed by atoms with Gasteiger partial charge in [-0.1, -0.05) is 0 Å². The van der Waals surface area contributed by atoms with E-state index in [-0.39, 0.29) is 5.82 Å². The van der Waals surface area contributed by atoms with Crippen LogP contribution in [-0.2, 0) is 4.74 Å². The van der Waals surface area contributed by atoms with Crippen molar-refractivity contribution in [3.63, 3.8) is 0 Å². The van der Waals surface area contributed by atoms with Gasteiger partial charge in [0.15, 0.2) is 17.7 Å². The second kappa shape index (κ2) is 6.97. The van der Waals surface area contributed by atoms with Gasteiger partial charge in [0.25, 0.3) is 0 Å². The molecule has 23 heavy (non-hydrogen) atoms. The van der Waals surface area contributed by atoms with Gasteiger partial charge in [-0.15, -0.1) is 0 Å². The van der Waals surface area contributed by atoms with E-state index in [1.54, 1.807) is 16.3 Å². The van der Waals surface area contributed by atoms with Crippen molar-refractivity contribution in [3.8, 4) is 0 Å². The van der Waals surface area contributed by atoms with Crippen LogP contribution in [0.4, 0.5) is 5.82 Å². The van der Waals surface area contributed by atoms with Crippen molar-refractivity contribution in [1.29, 1.82) is 0 Å². The van der Waals surface area contributed by atoms with E-state index in [0.29, 0.717) is 17.7 Å². The molecule has 1 aliphatic heterocycles. The van der Waals surface area contributed by atoms with E-state index in [1.807, 2.05) is 6.26 Å². The van der Waals surface area contributed by atoms with Gasteiger partial charge in [-0.3, -0.25) is 9.88 Å². The van der Waals surface area contributed by atoms with Crippen molar-refractivity contribution in [2.45, 2.75) is 31.1 Å². The Morgan fingerprint density at radius 3 is 2.96 bits per heavy atom.